The minimum atomic E-state index is -0.680. The Balaban J connectivity index is 2.49. The van der Waals surface area contributed by atoms with Crippen molar-refractivity contribution < 1.29 is 14.3 Å². The molecule has 1 atom stereocenters. The van der Waals surface area contributed by atoms with E-state index in [1.165, 1.54) is 0 Å². The Bertz CT molecular complexity index is 358. The van der Waals surface area contributed by atoms with Gasteiger partial charge < -0.3 is 4.74 Å². The maximum Gasteiger partial charge on any atom is 0.414 e. The lowest BCUT2D eigenvalue weighted by Gasteiger charge is -2.21. The summed E-state index contributed by atoms with van der Waals surface area (Å²) in [5.74, 6) is 0.109. The third-order valence-electron chi connectivity index (χ3n) is 2.89. The van der Waals surface area contributed by atoms with Crippen molar-refractivity contribution in [3.63, 3.8) is 0 Å². The van der Waals surface area contributed by atoms with E-state index >= 15 is 0 Å². The lowest BCUT2D eigenvalue weighted by Crippen LogP contribution is -2.33. The van der Waals surface area contributed by atoms with Gasteiger partial charge in [-0.15, -0.1) is 0 Å². The molecule has 0 bridgehead atoms. The van der Waals surface area contributed by atoms with E-state index < -0.39 is 6.09 Å². The molecule has 0 unspecified atom stereocenters. The van der Waals surface area contributed by atoms with Crippen LogP contribution in [0, 0.1) is 5.92 Å². The first-order valence-electron chi connectivity index (χ1n) is 5.87. The topological polar surface area (TPSA) is 55.4 Å². The molecule has 0 aromatic carbocycles. The fraction of sp³-hybridized carbons (Fsp3) is 0.538. The van der Waals surface area contributed by atoms with E-state index in [4.69, 9.17) is 0 Å². The van der Waals surface area contributed by atoms with Gasteiger partial charge in [-0.2, -0.15) is 0 Å². The summed E-state index contributed by atoms with van der Waals surface area (Å²) in [5.41, 5.74) is 1.81. The number of hydrogen-bond acceptors (Lipinski definition) is 3. The van der Waals surface area contributed by atoms with Crippen molar-refractivity contribution in [2.45, 2.75) is 33.1 Å². The average Bonchev–Trinajstić information content (AvgIpc) is 2.29. The van der Waals surface area contributed by atoms with Crippen molar-refractivity contribution >= 4 is 12.0 Å². The average molecular weight is 237 g/mol. The summed E-state index contributed by atoms with van der Waals surface area (Å²) in [6.45, 7) is 7.88. The molecule has 4 nitrogen and oxygen atoms in total. The van der Waals surface area contributed by atoms with Gasteiger partial charge in [0.05, 0.1) is 6.61 Å². The maximum absolute atomic E-state index is 11.7. The van der Waals surface area contributed by atoms with Crippen LogP contribution in [-0.4, -0.2) is 18.6 Å². The summed E-state index contributed by atoms with van der Waals surface area (Å²) in [4.78, 5) is 22.7. The van der Waals surface area contributed by atoms with Gasteiger partial charge in [-0.05, 0) is 39.0 Å². The standard InChI is InChI=1S/C13H19NO3/c1-4-17-13(16)14-12(15)11-7-5-10(6-8-11)9(2)3/h7,10H,2,4-6,8H2,1,3H3,(H,14,15,16)/t10-/m0/s1. The summed E-state index contributed by atoms with van der Waals surface area (Å²) in [5, 5.41) is 2.20. The molecule has 1 aliphatic carbocycles. The maximum atomic E-state index is 11.7. The summed E-state index contributed by atoms with van der Waals surface area (Å²) in [7, 11) is 0. The van der Waals surface area contributed by atoms with Gasteiger partial charge in [0.25, 0.3) is 5.91 Å². The number of hydrogen-bond donors (Lipinski definition) is 1. The molecule has 0 saturated carbocycles. The predicted octanol–water partition coefficient (Wildman–Crippen LogP) is 2.56. The molecule has 0 saturated heterocycles. The quantitative estimate of drug-likeness (QED) is 0.767. The van der Waals surface area contributed by atoms with Crippen molar-refractivity contribution in [1.82, 2.24) is 5.32 Å². The molecule has 1 aliphatic rings. The number of allylic oxidation sites excluding steroid dienone is 2. The zero-order valence-corrected chi connectivity index (χ0v) is 10.4. The molecule has 2 amide bonds. The molecule has 94 valence electrons. The molecule has 0 spiro atoms. The molecular formula is C13H19NO3. The third-order valence-corrected chi connectivity index (χ3v) is 2.89. The first kappa shape index (κ1) is 13.5. The third kappa shape index (κ3) is 4.06. The Morgan fingerprint density at radius 1 is 1.59 bits per heavy atom. The van der Waals surface area contributed by atoms with Crippen LogP contribution in [0.15, 0.2) is 23.8 Å². The fourth-order valence-corrected chi connectivity index (χ4v) is 1.83. The first-order chi connectivity index (χ1) is 8.04. The molecule has 0 aromatic rings. The normalized spacial score (nSPS) is 19.2. The largest absolute Gasteiger partial charge is 0.450 e. The highest BCUT2D eigenvalue weighted by Gasteiger charge is 2.20. The number of imide groups is 1. The highest BCUT2D eigenvalue weighted by Crippen LogP contribution is 2.28. The smallest absolute Gasteiger partial charge is 0.414 e. The van der Waals surface area contributed by atoms with E-state index in [1.807, 2.05) is 13.0 Å². The van der Waals surface area contributed by atoms with Crippen LogP contribution in [-0.2, 0) is 9.53 Å². The van der Waals surface area contributed by atoms with Crippen LogP contribution < -0.4 is 5.32 Å². The van der Waals surface area contributed by atoms with Crippen molar-refractivity contribution in [2.75, 3.05) is 6.61 Å². The van der Waals surface area contributed by atoms with Crippen molar-refractivity contribution in [1.29, 1.82) is 0 Å². The van der Waals surface area contributed by atoms with E-state index in [9.17, 15) is 9.59 Å². The molecular weight excluding hydrogens is 218 g/mol. The highest BCUT2D eigenvalue weighted by atomic mass is 16.5. The molecule has 0 radical (unpaired) electrons. The molecule has 0 aliphatic heterocycles. The minimum absolute atomic E-state index is 0.260. The van der Waals surface area contributed by atoms with E-state index in [-0.39, 0.29) is 12.5 Å². The van der Waals surface area contributed by atoms with Crippen LogP contribution in [0.2, 0.25) is 0 Å². The van der Waals surface area contributed by atoms with Gasteiger partial charge in [-0.25, -0.2) is 4.79 Å². The second-order valence-electron chi connectivity index (χ2n) is 4.22. The number of amides is 2. The fourth-order valence-electron chi connectivity index (χ4n) is 1.83. The van der Waals surface area contributed by atoms with Gasteiger partial charge in [0.1, 0.15) is 0 Å². The second kappa shape index (κ2) is 6.23. The highest BCUT2D eigenvalue weighted by molar-refractivity contribution is 6.02. The lowest BCUT2D eigenvalue weighted by molar-refractivity contribution is -0.117. The van der Waals surface area contributed by atoms with Crippen molar-refractivity contribution in [3.8, 4) is 0 Å². The second-order valence-corrected chi connectivity index (χ2v) is 4.22. The zero-order valence-electron chi connectivity index (χ0n) is 10.4. The Morgan fingerprint density at radius 3 is 2.76 bits per heavy atom. The monoisotopic (exact) mass is 237 g/mol. The van der Waals surface area contributed by atoms with Gasteiger partial charge in [0, 0.05) is 5.57 Å². The van der Waals surface area contributed by atoms with Crippen LogP contribution >= 0.6 is 0 Å². The Kier molecular flexibility index (Phi) is 4.94. The molecule has 0 fully saturated rings. The molecule has 17 heavy (non-hydrogen) atoms. The van der Waals surface area contributed by atoms with E-state index in [0.717, 1.165) is 18.4 Å². The Morgan fingerprint density at radius 2 is 2.29 bits per heavy atom. The molecule has 1 N–H and O–H groups in total. The Labute approximate surface area is 102 Å². The van der Waals surface area contributed by atoms with Crippen molar-refractivity contribution in [3.05, 3.63) is 23.8 Å². The van der Waals surface area contributed by atoms with Gasteiger partial charge in [-0.1, -0.05) is 18.2 Å². The first-order valence-corrected chi connectivity index (χ1v) is 5.87. The van der Waals surface area contributed by atoms with E-state index in [2.05, 4.69) is 16.6 Å². The summed E-state index contributed by atoms with van der Waals surface area (Å²) in [6.07, 6.45) is 3.62. The summed E-state index contributed by atoms with van der Waals surface area (Å²) in [6, 6.07) is 0. The van der Waals surface area contributed by atoms with Gasteiger partial charge >= 0.3 is 6.09 Å². The van der Waals surface area contributed by atoms with Crippen LogP contribution in [0.5, 0.6) is 0 Å². The van der Waals surface area contributed by atoms with Gasteiger partial charge in [-0.3, -0.25) is 10.1 Å². The summed E-state index contributed by atoms with van der Waals surface area (Å²) >= 11 is 0. The SMILES string of the molecule is C=C(C)[C@H]1CC=C(C(=O)NC(=O)OCC)CC1. The Hall–Kier alpha value is -1.58. The number of carbonyl (C=O) groups excluding carboxylic acids is 2. The van der Waals surface area contributed by atoms with Gasteiger partial charge in [0.15, 0.2) is 0 Å². The molecule has 0 aromatic heterocycles. The molecule has 0 heterocycles. The zero-order chi connectivity index (χ0) is 12.8. The van der Waals surface area contributed by atoms with Crippen LogP contribution in [0.25, 0.3) is 0 Å². The van der Waals surface area contributed by atoms with E-state index in [1.54, 1.807) is 6.92 Å². The minimum Gasteiger partial charge on any atom is -0.450 e. The van der Waals surface area contributed by atoms with Gasteiger partial charge in [0.2, 0.25) is 0 Å². The van der Waals surface area contributed by atoms with Crippen LogP contribution in [0.4, 0.5) is 4.79 Å². The number of rotatable bonds is 3. The number of ether oxygens (including phenoxy) is 1. The van der Waals surface area contributed by atoms with E-state index in [0.29, 0.717) is 17.9 Å². The summed E-state index contributed by atoms with van der Waals surface area (Å²) < 4.78 is 4.65. The molecule has 4 heteroatoms. The number of carbonyl (C=O) groups is 2. The molecule has 1 rings (SSSR count). The van der Waals surface area contributed by atoms with Crippen molar-refractivity contribution in [2.24, 2.45) is 5.92 Å². The van der Waals surface area contributed by atoms with Crippen LogP contribution in [0.1, 0.15) is 33.1 Å². The number of nitrogens with one attached hydrogen (secondary N) is 1. The van der Waals surface area contributed by atoms with Crippen LogP contribution in [0.3, 0.4) is 0 Å². The number of alkyl carbamates (subject to hydrolysis) is 1. The predicted molar refractivity (Wildman–Crippen MR) is 65.4 cm³/mol. The lowest BCUT2D eigenvalue weighted by atomic mass is 9.85.